The van der Waals surface area contributed by atoms with E-state index in [0.717, 1.165) is 0 Å². The van der Waals surface area contributed by atoms with Crippen molar-refractivity contribution >= 4 is 17.7 Å². The Hall–Kier alpha value is -1.91. The molecule has 0 amide bonds. The minimum Gasteiger partial charge on any atom is -0.366 e. The number of hydrogen-bond acceptors (Lipinski definition) is 4. The lowest BCUT2D eigenvalue weighted by atomic mass is 10.1. The molecule has 5 heteroatoms. The van der Waals surface area contributed by atoms with E-state index < -0.39 is 4.92 Å². The molecule has 0 aliphatic heterocycles. The summed E-state index contributed by atoms with van der Waals surface area (Å²) in [5.74, 6) is 0.625. The first-order chi connectivity index (χ1) is 8.54. The van der Waals surface area contributed by atoms with E-state index in [-0.39, 0.29) is 11.7 Å². The van der Waals surface area contributed by atoms with Crippen LogP contribution in [-0.4, -0.2) is 24.3 Å². The fourth-order valence-electron chi connectivity index (χ4n) is 2.17. The predicted octanol–water partition coefficient (Wildman–Crippen LogP) is 2.64. The molecule has 0 N–H and O–H groups in total. The van der Waals surface area contributed by atoms with Crippen molar-refractivity contribution in [3.05, 3.63) is 33.9 Å². The Balaban J connectivity index is 2.35. The molecule has 1 aromatic rings. The van der Waals surface area contributed by atoms with Gasteiger partial charge in [-0.3, -0.25) is 14.9 Å². The van der Waals surface area contributed by atoms with Gasteiger partial charge in [-0.2, -0.15) is 0 Å². The molecule has 1 aliphatic rings. The zero-order chi connectivity index (χ0) is 13.3. The number of rotatable bonds is 5. The third-order valence-corrected chi connectivity index (χ3v) is 3.63. The number of nitro benzene ring substituents is 1. The zero-order valence-corrected chi connectivity index (χ0v) is 10.5. The van der Waals surface area contributed by atoms with Crippen molar-refractivity contribution < 1.29 is 9.72 Å². The van der Waals surface area contributed by atoms with Crippen LogP contribution < -0.4 is 4.90 Å². The maximum absolute atomic E-state index is 11.1. The number of nitrogens with zero attached hydrogens (tertiary/aromatic N) is 2. The molecule has 0 radical (unpaired) electrons. The van der Waals surface area contributed by atoms with Crippen LogP contribution in [-0.2, 0) is 0 Å². The summed E-state index contributed by atoms with van der Waals surface area (Å²) in [6.45, 7) is 2.08. The first-order valence-electron chi connectivity index (χ1n) is 6.01. The number of carbonyl (C=O) groups excluding carboxylic acids is 1. The maximum Gasteiger partial charge on any atom is 0.293 e. The monoisotopic (exact) mass is 248 g/mol. The number of carbonyl (C=O) groups is 1. The van der Waals surface area contributed by atoms with Crippen LogP contribution in [0.15, 0.2) is 18.2 Å². The maximum atomic E-state index is 11.1. The van der Waals surface area contributed by atoms with E-state index in [9.17, 15) is 14.9 Å². The van der Waals surface area contributed by atoms with Crippen molar-refractivity contribution in [1.29, 1.82) is 0 Å². The van der Waals surface area contributed by atoms with Gasteiger partial charge in [-0.15, -0.1) is 0 Å². The molecule has 18 heavy (non-hydrogen) atoms. The Morgan fingerprint density at radius 2 is 2.17 bits per heavy atom. The van der Waals surface area contributed by atoms with E-state index in [1.165, 1.54) is 18.9 Å². The van der Waals surface area contributed by atoms with Crippen LogP contribution in [0.1, 0.15) is 30.1 Å². The molecule has 96 valence electrons. The average molecular weight is 248 g/mol. The van der Waals surface area contributed by atoms with Crippen LogP contribution in [0.4, 0.5) is 11.4 Å². The van der Waals surface area contributed by atoms with E-state index in [2.05, 4.69) is 6.92 Å². The van der Waals surface area contributed by atoms with Crippen LogP contribution in [0.2, 0.25) is 0 Å². The molecule has 1 fully saturated rings. The van der Waals surface area contributed by atoms with Crippen molar-refractivity contribution in [3.8, 4) is 0 Å². The minimum absolute atomic E-state index is 0.00500. The van der Waals surface area contributed by atoms with Gasteiger partial charge in [0.2, 0.25) is 0 Å². The van der Waals surface area contributed by atoms with Gasteiger partial charge < -0.3 is 4.90 Å². The zero-order valence-electron chi connectivity index (χ0n) is 10.5. The Kier molecular flexibility index (Phi) is 3.32. The minimum atomic E-state index is -0.432. The summed E-state index contributed by atoms with van der Waals surface area (Å²) in [4.78, 5) is 23.2. The molecule has 1 unspecified atom stereocenters. The van der Waals surface area contributed by atoms with E-state index in [4.69, 9.17) is 0 Å². The van der Waals surface area contributed by atoms with E-state index >= 15 is 0 Å². The second-order valence-corrected chi connectivity index (χ2v) is 4.81. The molecular weight excluding hydrogens is 232 g/mol. The Bertz CT molecular complexity index is 483. The number of nitro groups is 1. The number of benzene rings is 1. The van der Waals surface area contributed by atoms with Gasteiger partial charge in [-0.05, 0) is 37.8 Å². The lowest BCUT2D eigenvalue weighted by Crippen LogP contribution is -2.31. The number of hydrogen-bond donors (Lipinski definition) is 0. The molecule has 0 aromatic heterocycles. The molecule has 1 aromatic carbocycles. The van der Waals surface area contributed by atoms with E-state index in [0.29, 0.717) is 23.5 Å². The molecule has 0 bridgehead atoms. The highest BCUT2D eigenvalue weighted by Gasteiger charge is 2.32. The summed E-state index contributed by atoms with van der Waals surface area (Å²) in [5, 5.41) is 11.1. The molecule has 1 aliphatic carbocycles. The second kappa shape index (κ2) is 4.76. The highest BCUT2D eigenvalue weighted by molar-refractivity contribution is 5.79. The van der Waals surface area contributed by atoms with Crippen molar-refractivity contribution in [2.24, 2.45) is 5.92 Å². The summed E-state index contributed by atoms with van der Waals surface area (Å²) >= 11 is 0. The highest BCUT2D eigenvalue weighted by Crippen LogP contribution is 2.38. The van der Waals surface area contributed by atoms with Gasteiger partial charge in [0.25, 0.3) is 5.69 Å². The molecule has 5 nitrogen and oxygen atoms in total. The van der Waals surface area contributed by atoms with Crippen molar-refractivity contribution in [1.82, 2.24) is 0 Å². The fourth-order valence-corrected chi connectivity index (χ4v) is 2.17. The van der Waals surface area contributed by atoms with Gasteiger partial charge in [-0.25, -0.2) is 0 Å². The Morgan fingerprint density at radius 3 is 2.67 bits per heavy atom. The normalized spacial score (nSPS) is 16.1. The van der Waals surface area contributed by atoms with Crippen LogP contribution in [0.25, 0.3) is 0 Å². The second-order valence-electron chi connectivity index (χ2n) is 4.81. The standard InChI is InChI=1S/C13H16N2O3/c1-9(11-4-5-11)14(2)12-6-3-10(8-16)7-13(12)15(17)18/h3,6-9,11H,4-5H2,1-2H3. The van der Waals surface area contributed by atoms with E-state index in [1.54, 1.807) is 12.1 Å². The average Bonchev–Trinajstić information content (AvgIpc) is 3.20. The topological polar surface area (TPSA) is 63.5 Å². The molecular formula is C13H16N2O3. The molecule has 2 rings (SSSR count). The van der Waals surface area contributed by atoms with Gasteiger partial charge in [0.15, 0.2) is 0 Å². The summed E-state index contributed by atoms with van der Waals surface area (Å²) in [6, 6.07) is 4.88. The predicted molar refractivity (Wildman–Crippen MR) is 69.1 cm³/mol. The van der Waals surface area contributed by atoms with Gasteiger partial charge in [-0.1, -0.05) is 0 Å². The van der Waals surface area contributed by atoms with Gasteiger partial charge >= 0.3 is 0 Å². The lowest BCUT2D eigenvalue weighted by molar-refractivity contribution is -0.384. The van der Waals surface area contributed by atoms with Crippen LogP contribution >= 0.6 is 0 Å². The summed E-state index contributed by atoms with van der Waals surface area (Å²) < 4.78 is 0. The molecule has 0 spiro atoms. The Morgan fingerprint density at radius 1 is 1.50 bits per heavy atom. The SMILES string of the molecule is CC(C1CC1)N(C)c1ccc(C=O)cc1[N+](=O)[O-]. The quantitative estimate of drug-likeness (QED) is 0.456. The fraction of sp³-hybridized carbons (Fsp3) is 0.462. The van der Waals surface area contributed by atoms with Crippen molar-refractivity contribution in [2.75, 3.05) is 11.9 Å². The van der Waals surface area contributed by atoms with Crippen LogP contribution in [0.3, 0.4) is 0 Å². The lowest BCUT2D eigenvalue weighted by Gasteiger charge is -2.26. The van der Waals surface area contributed by atoms with Gasteiger partial charge in [0.1, 0.15) is 12.0 Å². The van der Waals surface area contributed by atoms with E-state index in [1.807, 2.05) is 11.9 Å². The largest absolute Gasteiger partial charge is 0.366 e. The third-order valence-electron chi connectivity index (χ3n) is 3.63. The summed E-state index contributed by atoms with van der Waals surface area (Å²) in [7, 11) is 1.87. The molecule has 1 atom stereocenters. The van der Waals surface area contributed by atoms with Crippen LogP contribution in [0.5, 0.6) is 0 Å². The number of aldehydes is 1. The third kappa shape index (κ3) is 2.34. The number of anilines is 1. The van der Waals surface area contributed by atoms with Gasteiger partial charge in [0.05, 0.1) is 4.92 Å². The first kappa shape index (κ1) is 12.5. The van der Waals surface area contributed by atoms with Crippen LogP contribution in [0, 0.1) is 16.0 Å². The van der Waals surface area contributed by atoms with Gasteiger partial charge in [0, 0.05) is 24.7 Å². The molecule has 0 saturated heterocycles. The van der Waals surface area contributed by atoms with Crippen molar-refractivity contribution in [3.63, 3.8) is 0 Å². The summed E-state index contributed by atoms with van der Waals surface area (Å²) in [6.07, 6.45) is 3.00. The molecule has 0 heterocycles. The molecule has 1 saturated carbocycles. The Labute approximate surface area is 106 Å². The first-order valence-corrected chi connectivity index (χ1v) is 6.01. The smallest absolute Gasteiger partial charge is 0.293 e. The summed E-state index contributed by atoms with van der Waals surface area (Å²) in [5.41, 5.74) is 0.900. The highest BCUT2D eigenvalue weighted by atomic mass is 16.6. The van der Waals surface area contributed by atoms with Crippen molar-refractivity contribution in [2.45, 2.75) is 25.8 Å².